The highest BCUT2D eigenvalue weighted by Gasteiger charge is 2.25. The van der Waals surface area contributed by atoms with Gasteiger partial charge in [0.2, 0.25) is 0 Å². The molecule has 25 heavy (non-hydrogen) atoms. The Morgan fingerprint density at radius 1 is 1.20 bits per heavy atom. The minimum absolute atomic E-state index is 0. The van der Waals surface area contributed by atoms with Gasteiger partial charge in [-0.1, -0.05) is 43.1 Å². The molecule has 1 atom stereocenters. The lowest BCUT2D eigenvalue weighted by molar-refractivity contribution is 0.441. The summed E-state index contributed by atoms with van der Waals surface area (Å²) in [6.45, 7) is 2.23. The highest BCUT2D eigenvalue weighted by Crippen LogP contribution is 2.40. The van der Waals surface area contributed by atoms with Crippen LogP contribution in [0.25, 0.3) is 22.0 Å². The number of aryl methyl sites for hydroxylation is 1. The van der Waals surface area contributed by atoms with Crippen molar-refractivity contribution in [3.8, 4) is 11.1 Å². The van der Waals surface area contributed by atoms with E-state index in [1.807, 2.05) is 30.3 Å². The van der Waals surface area contributed by atoms with Crippen LogP contribution in [-0.2, 0) is 12.8 Å². The molecular weight excluding hydrogens is 356 g/mol. The quantitative estimate of drug-likeness (QED) is 0.489. The Balaban J connectivity index is 0.00000182. The molecule has 0 amide bonds. The van der Waals surface area contributed by atoms with Gasteiger partial charge in [-0.15, -0.1) is 12.4 Å². The summed E-state index contributed by atoms with van der Waals surface area (Å²) >= 11 is 6.24. The molecule has 0 saturated carbocycles. The molecule has 1 nitrogen and oxygen atoms in total. The average molecular weight is 376 g/mol. The highest BCUT2D eigenvalue weighted by atomic mass is 35.5. The number of nitrogens with zero attached hydrogens (tertiary/aromatic N) is 1. The van der Waals surface area contributed by atoms with Crippen molar-refractivity contribution >= 4 is 34.9 Å². The van der Waals surface area contributed by atoms with E-state index in [2.05, 4.69) is 6.92 Å². The van der Waals surface area contributed by atoms with Crippen LogP contribution in [0.15, 0.2) is 42.5 Å². The van der Waals surface area contributed by atoms with Crippen molar-refractivity contribution in [3.63, 3.8) is 0 Å². The van der Waals surface area contributed by atoms with Crippen molar-refractivity contribution in [1.82, 2.24) is 4.98 Å². The largest absolute Gasteiger partial charge is 0.253 e. The number of rotatable bonds is 2. The van der Waals surface area contributed by atoms with Crippen LogP contribution in [-0.4, -0.2) is 4.98 Å². The first kappa shape index (κ1) is 18.2. The summed E-state index contributed by atoms with van der Waals surface area (Å²) in [6.07, 6.45) is 4.23. The average Bonchev–Trinajstić information content (AvgIpc) is 2.60. The lowest BCUT2D eigenvalue weighted by Gasteiger charge is -2.26. The molecule has 130 valence electrons. The van der Waals surface area contributed by atoms with Crippen molar-refractivity contribution in [1.29, 1.82) is 0 Å². The highest BCUT2D eigenvalue weighted by molar-refractivity contribution is 6.31. The molecule has 0 radical (unpaired) electrons. The first-order valence-corrected chi connectivity index (χ1v) is 8.91. The van der Waals surface area contributed by atoms with Crippen molar-refractivity contribution in [2.75, 3.05) is 0 Å². The number of benzene rings is 2. The van der Waals surface area contributed by atoms with Gasteiger partial charge in [-0.2, -0.15) is 0 Å². The summed E-state index contributed by atoms with van der Waals surface area (Å²) < 4.78 is 14.6. The van der Waals surface area contributed by atoms with Crippen LogP contribution >= 0.6 is 24.0 Å². The summed E-state index contributed by atoms with van der Waals surface area (Å²) in [6, 6.07) is 12.7. The number of aromatic nitrogens is 1. The zero-order chi connectivity index (χ0) is 16.7. The molecule has 1 aromatic heterocycles. The molecular formula is C21H20Cl2FN. The molecule has 1 aliphatic carbocycles. The Morgan fingerprint density at radius 3 is 2.76 bits per heavy atom. The molecule has 1 aliphatic rings. The van der Waals surface area contributed by atoms with Gasteiger partial charge in [-0.3, -0.25) is 4.98 Å². The molecule has 0 spiro atoms. The van der Waals surface area contributed by atoms with Gasteiger partial charge in [0.05, 0.1) is 5.52 Å². The number of halogens is 3. The van der Waals surface area contributed by atoms with Crippen LogP contribution in [0.1, 0.15) is 31.0 Å². The second kappa shape index (κ2) is 7.31. The van der Waals surface area contributed by atoms with Gasteiger partial charge in [-0.25, -0.2) is 4.39 Å². The molecule has 1 heterocycles. The Kier molecular flexibility index (Phi) is 5.31. The third-order valence-electron chi connectivity index (χ3n) is 5.14. The summed E-state index contributed by atoms with van der Waals surface area (Å²) in [5.41, 5.74) is 4.85. The van der Waals surface area contributed by atoms with Crippen LogP contribution in [0, 0.1) is 11.7 Å². The fraction of sp³-hybridized carbons (Fsp3) is 0.286. The third kappa shape index (κ3) is 3.26. The van der Waals surface area contributed by atoms with Crippen LogP contribution in [0.4, 0.5) is 4.39 Å². The number of hydrogen-bond acceptors (Lipinski definition) is 1. The molecule has 0 N–H and O–H groups in total. The Labute approximate surface area is 158 Å². The molecule has 0 saturated heterocycles. The molecule has 1 unspecified atom stereocenters. The molecule has 0 aliphatic heterocycles. The monoisotopic (exact) mass is 375 g/mol. The van der Waals surface area contributed by atoms with Gasteiger partial charge in [-0.05, 0) is 60.6 Å². The molecule has 2 aromatic carbocycles. The summed E-state index contributed by atoms with van der Waals surface area (Å²) in [7, 11) is 0. The van der Waals surface area contributed by atoms with Crippen molar-refractivity contribution in [2.24, 2.45) is 5.92 Å². The third-order valence-corrected chi connectivity index (χ3v) is 5.37. The van der Waals surface area contributed by atoms with Crippen LogP contribution in [0.5, 0.6) is 0 Å². The Bertz CT molecular complexity index is 923. The predicted octanol–water partition coefficient (Wildman–Crippen LogP) is 6.63. The SMILES string of the molecule is CCC1CCc2nc3ccc(Cl)cc3c(-c3ccccc3F)c2C1.Cl. The van der Waals surface area contributed by atoms with Crippen LogP contribution in [0.2, 0.25) is 5.02 Å². The number of pyridine rings is 1. The lowest BCUT2D eigenvalue weighted by atomic mass is 9.80. The van der Waals surface area contributed by atoms with Gasteiger partial charge < -0.3 is 0 Å². The van der Waals surface area contributed by atoms with Gasteiger partial charge in [0, 0.05) is 21.7 Å². The van der Waals surface area contributed by atoms with E-state index in [-0.39, 0.29) is 18.2 Å². The van der Waals surface area contributed by atoms with E-state index in [0.29, 0.717) is 16.5 Å². The van der Waals surface area contributed by atoms with E-state index in [0.717, 1.165) is 47.8 Å². The van der Waals surface area contributed by atoms with Crippen molar-refractivity contribution in [3.05, 3.63) is 64.6 Å². The van der Waals surface area contributed by atoms with Gasteiger partial charge in [0.15, 0.2) is 0 Å². The van der Waals surface area contributed by atoms with E-state index in [4.69, 9.17) is 16.6 Å². The second-order valence-electron chi connectivity index (χ2n) is 6.57. The fourth-order valence-electron chi connectivity index (χ4n) is 3.80. The van der Waals surface area contributed by atoms with Crippen molar-refractivity contribution < 1.29 is 4.39 Å². The lowest BCUT2D eigenvalue weighted by Crippen LogP contribution is -2.16. The maximum Gasteiger partial charge on any atom is 0.131 e. The molecule has 0 bridgehead atoms. The maximum atomic E-state index is 14.6. The Morgan fingerprint density at radius 2 is 2.00 bits per heavy atom. The number of fused-ring (bicyclic) bond motifs is 2. The summed E-state index contributed by atoms with van der Waals surface area (Å²) in [5, 5.41) is 1.60. The molecule has 3 aromatic rings. The first-order chi connectivity index (χ1) is 11.7. The van der Waals surface area contributed by atoms with E-state index >= 15 is 0 Å². The summed E-state index contributed by atoms with van der Waals surface area (Å²) in [4.78, 5) is 4.86. The van der Waals surface area contributed by atoms with Gasteiger partial charge in [0.1, 0.15) is 5.82 Å². The molecule has 0 fully saturated rings. The molecule has 4 rings (SSSR count). The topological polar surface area (TPSA) is 12.9 Å². The molecule has 4 heteroatoms. The van der Waals surface area contributed by atoms with E-state index in [9.17, 15) is 4.39 Å². The van der Waals surface area contributed by atoms with Crippen LogP contribution in [0.3, 0.4) is 0 Å². The second-order valence-corrected chi connectivity index (χ2v) is 7.01. The first-order valence-electron chi connectivity index (χ1n) is 8.53. The zero-order valence-corrected chi connectivity index (χ0v) is 15.6. The summed E-state index contributed by atoms with van der Waals surface area (Å²) in [5.74, 6) is 0.451. The predicted molar refractivity (Wildman–Crippen MR) is 105 cm³/mol. The standard InChI is InChI=1S/C21H19ClFN.ClH/c1-2-13-7-9-19-16(11-13)21(15-5-3-4-6-18(15)23)17-12-14(22)8-10-20(17)24-19;/h3-6,8,10,12-13H,2,7,9,11H2,1H3;1H. The number of hydrogen-bond donors (Lipinski definition) is 0. The van der Waals surface area contributed by atoms with Gasteiger partial charge >= 0.3 is 0 Å². The Hall–Kier alpha value is -1.64. The fourth-order valence-corrected chi connectivity index (χ4v) is 3.98. The smallest absolute Gasteiger partial charge is 0.131 e. The van der Waals surface area contributed by atoms with E-state index in [1.54, 1.807) is 6.07 Å². The van der Waals surface area contributed by atoms with Crippen LogP contribution < -0.4 is 0 Å². The van der Waals surface area contributed by atoms with E-state index < -0.39 is 0 Å². The normalized spacial score (nSPS) is 16.4. The minimum Gasteiger partial charge on any atom is -0.253 e. The van der Waals surface area contributed by atoms with Gasteiger partial charge in [0.25, 0.3) is 0 Å². The minimum atomic E-state index is -0.189. The maximum absolute atomic E-state index is 14.6. The van der Waals surface area contributed by atoms with Crippen molar-refractivity contribution in [2.45, 2.75) is 32.6 Å². The van der Waals surface area contributed by atoms with E-state index in [1.165, 1.54) is 11.6 Å². The zero-order valence-electron chi connectivity index (χ0n) is 14.1.